The normalized spacial score (nSPS) is 10.8. The van der Waals surface area contributed by atoms with Crippen LogP contribution in [-0.2, 0) is 16.1 Å². The number of halogens is 1. The van der Waals surface area contributed by atoms with Crippen molar-refractivity contribution >= 4 is 46.3 Å². The van der Waals surface area contributed by atoms with Crippen LogP contribution in [0.5, 0.6) is 0 Å². The number of amides is 1. The number of carboxylic acids is 1. The minimum atomic E-state index is -0.911. The Balaban J connectivity index is 2.33. The first-order chi connectivity index (χ1) is 9.99. The summed E-state index contributed by atoms with van der Waals surface area (Å²) < 4.78 is 1.83. The molecular formula is C13H14ClN3O3S. The fraction of sp³-hybridized carbons (Fsp3) is 0.308. The molecule has 1 amide bonds. The van der Waals surface area contributed by atoms with Crippen LogP contribution in [0.15, 0.2) is 23.4 Å². The van der Waals surface area contributed by atoms with Crippen molar-refractivity contribution < 1.29 is 14.7 Å². The average Bonchev–Trinajstić information content (AvgIpc) is 2.75. The van der Waals surface area contributed by atoms with Gasteiger partial charge in [0.1, 0.15) is 0 Å². The number of nitrogens with one attached hydrogen (secondary N) is 1. The highest BCUT2D eigenvalue weighted by atomic mass is 35.5. The molecule has 0 aliphatic heterocycles. The van der Waals surface area contributed by atoms with E-state index >= 15 is 0 Å². The standard InChI is InChI=1S/C13H14ClN3O3S/c1-8(18)15-5-6-17-12-9(14)3-2-4-10(12)16-13(17)21-7-11(19)20/h2-4H,5-7H2,1H3,(H,15,18)(H,19,20). The monoisotopic (exact) mass is 327 g/mol. The van der Waals surface area contributed by atoms with Crippen molar-refractivity contribution in [3.8, 4) is 0 Å². The first-order valence-corrected chi connectivity index (χ1v) is 7.59. The van der Waals surface area contributed by atoms with Gasteiger partial charge in [-0.15, -0.1) is 0 Å². The zero-order valence-electron chi connectivity index (χ0n) is 11.3. The zero-order chi connectivity index (χ0) is 15.4. The molecule has 0 aliphatic carbocycles. The largest absolute Gasteiger partial charge is 0.481 e. The maximum atomic E-state index is 11.0. The Bertz CT molecular complexity index is 687. The van der Waals surface area contributed by atoms with E-state index in [1.54, 1.807) is 12.1 Å². The van der Waals surface area contributed by atoms with Crippen molar-refractivity contribution in [2.75, 3.05) is 12.3 Å². The molecule has 2 N–H and O–H groups in total. The van der Waals surface area contributed by atoms with Gasteiger partial charge in [0.25, 0.3) is 0 Å². The molecule has 2 aromatic rings. The number of carboxylic acid groups (broad SMARTS) is 1. The molecular weight excluding hydrogens is 314 g/mol. The van der Waals surface area contributed by atoms with E-state index < -0.39 is 5.97 Å². The molecule has 0 saturated carbocycles. The van der Waals surface area contributed by atoms with Crippen molar-refractivity contribution in [2.24, 2.45) is 0 Å². The van der Waals surface area contributed by atoms with Crippen molar-refractivity contribution in [1.82, 2.24) is 14.9 Å². The lowest BCUT2D eigenvalue weighted by atomic mass is 10.3. The second-order valence-electron chi connectivity index (χ2n) is 4.32. The highest BCUT2D eigenvalue weighted by Gasteiger charge is 2.14. The molecule has 0 atom stereocenters. The maximum Gasteiger partial charge on any atom is 0.313 e. The summed E-state index contributed by atoms with van der Waals surface area (Å²) in [6.07, 6.45) is 0. The van der Waals surface area contributed by atoms with Gasteiger partial charge in [0.05, 0.1) is 21.8 Å². The minimum Gasteiger partial charge on any atom is -0.481 e. The number of carbonyl (C=O) groups excluding carboxylic acids is 1. The van der Waals surface area contributed by atoms with Gasteiger partial charge in [0, 0.05) is 20.0 Å². The number of aromatic nitrogens is 2. The number of imidazole rings is 1. The average molecular weight is 328 g/mol. The van der Waals surface area contributed by atoms with E-state index in [4.69, 9.17) is 16.7 Å². The summed E-state index contributed by atoms with van der Waals surface area (Å²) in [6, 6.07) is 5.37. The highest BCUT2D eigenvalue weighted by molar-refractivity contribution is 7.99. The Labute approximate surface area is 130 Å². The molecule has 0 saturated heterocycles. The molecule has 1 heterocycles. The number of hydrogen-bond acceptors (Lipinski definition) is 4. The highest BCUT2D eigenvalue weighted by Crippen LogP contribution is 2.28. The molecule has 0 fully saturated rings. The molecule has 0 spiro atoms. The van der Waals surface area contributed by atoms with Crippen molar-refractivity contribution in [3.05, 3.63) is 23.2 Å². The molecule has 112 valence electrons. The fourth-order valence-corrected chi connectivity index (χ4v) is 2.93. The Hall–Kier alpha value is -1.73. The van der Waals surface area contributed by atoms with Crippen LogP contribution in [0, 0.1) is 0 Å². The molecule has 0 aliphatic rings. The Morgan fingerprint density at radius 1 is 1.48 bits per heavy atom. The first kappa shape index (κ1) is 15.7. The van der Waals surface area contributed by atoms with Crippen LogP contribution in [0.2, 0.25) is 5.02 Å². The van der Waals surface area contributed by atoms with Gasteiger partial charge in [0.2, 0.25) is 5.91 Å². The fourth-order valence-electron chi connectivity index (χ4n) is 1.91. The van der Waals surface area contributed by atoms with E-state index in [1.165, 1.54) is 6.92 Å². The van der Waals surface area contributed by atoms with E-state index in [0.29, 0.717) is 28.8 Å². The Morgan fingerprint density at radius 2 is 2.24 bits per heavy atom. The Morgan fingerprint density at radius 3 is 2.90 bits per heavy atom. The van der Waals surface area contributed by atoms with Crippen LogP contribution in [0.3, 0.4) is 0 Å². The van der Waals surface area contributed by atoms with Crippen molar-refractivity contribution in [1.29, 1.82) is 0 Å². The SMILES string of the molecule is CC(=O)NCCn1c(SCC(=O)O)nc2cccc(Cl)c21. The van der Waals surface area contributed by atoms with Crippen molar-refractivity contribution in [3.63, 3.8) is 0 Å². The number of para-hydroxylation sites is 1. The molecule has 6 nitrogen and oxygen atoms in total. The minimum absolute atomic E-state index is 0.0823. The van der Waals surface area contributed by atoms with Gasteiger partial charge in [-0.25, -0.2) is 4.98 Å². The third-order valence-corrected chi connectivity index (χ3v) is 3.98. The second-order valence-corrected chi connectivity index (χ2v) is 5.67. The number of hydrogen-bond donors (Lipinski definition) is 2. The molecule has 8 heteroatoms. The van der Waals surface area contributed by atoms with E-state index in [0.717, 1.165) is 17.3 Å². The summed E-state index contributed by atoms with van der Waals surface area (Å²) in [5.74, 6) is -1.11. The number of benzene rings is 1. The molecule has 1 aromatic carbocycles. The van der Waals surface area contributed by atoms with Crippen LogP contribution in [-0.4, -0.2) is 38.8 Å². The van der Waals surface area contributed by atoms with Crippen LogP contribution in [0.4, 0.5) is 0 Å². The van der Waals surface area contributed by atoms with Gasteiger partial charge >= 0.3 is 5.97 Å². The van der Waals surface area contributed by atoms with Crippen LogP contribution >= 0.6 is 23.4 Å². The van der Waals surface area contributed by atoms with Gasteiger partial charge in [-0.2, -0.15) is 0 Å². The quantitative estimate of drug-likeness (QED) is 0.793. The van der Waals surface area contributed by atoms with E-state index in [2.05, 4.69) is 10.3 Å². The van der Waals surface area contributed by atoms with Gasteiger partial charge < -0.3 is 15.0 Å². The number of nitrogens with zero attached hydrogens (tertiary/aromatic N) is 2. The predicted octanol–water partition coefficient (Wildman–Crippen LogP) is 2.00. The van der Waals surface area contributed by atoms with Crippen molar-refractivity contribution in [2.45, 2.75) is 18.6 Å². The zero-order valence-corrected chi connectivity index (χ0v) is 12.9. The maximum absolute atomic E-state index is 11.0. The Kier molecular flexibility index (Phi) is 5.08. The molecule has 1 aromatic heterocycles. The summed E-state index contributed by atoms with van der Waals surface area (Å²) in [6.45, 7) is 2.34. The smallest absolute Gasteiger partial charge is 0.313 e. The third kappa shape index (κ3) is 3.89. The first-order valence-electron chi connectivity index (χ1n) is 6.23. The lowest BCUT2D eigenvalue weighted by Crippen LogP contribution is -2.24. The number of thioether (sulfide) groups is 1. The van der Waals surface area contributed by atoms with Gasteiger partial charge in [-0.3, -0.25) is 9.59 Å². The lowest BCUT2D eigenvalue weighted by Gasteiger charge is -2.09. The van der Waals surface area contributed by atoms with Gasteiger partial charge in [-0.05, 0) is 12.1 Å². The summed E-state index contributed by atoms with van der Waals surface area (Å²) >= 11 is 7.34. The summed E-state index contributed by atoms with van der Waals surface area (Å²) in [7, 11) is 0. The number of rotatable bonds is 6. The molecule has 2 rings (SSSR count). The number of fused-ring (bicyclic) bond motifs is 1. The topological polar surface area (TPSA) is 84.2 Å². The van der Waals surface area contributed by atoms with E-state index in [1.807, 2.05) is 10.6 Å². The van der Waals surface area contributed by atoms with Gasteiger partial charge in [-0.1, -0.05) is 29.4 Å². The molecule has 21 heavy (non-hydrogen) atoms. The van der Waals surface area contributed by atoms with Gasteiger partial charge in [0.15, 0.2) is 5.16 Å². The summed E-state index contributed by atoms with van der Waals surface area (Å²) in [5.41, 5.74) is 1.45. The number of aliphatic carboxylic acids is 1. The molecule has 0 unspecified atom stereocenters. The molecule has 0 radical (unpaired) electrons. The van der Waals surface area contributed by atoms with E-state index in [-0.39, 0.29) is 11.7 Å². The van der Waals surface area contributed by atoms with Crippen LogP contribution in [0.25, 0.3) is 11.0 Å². The van der Waals surface area contributed by atoms with Crippen LogP contribution in [0.1, 0.15) is 6.92 Å². The third-order valence-electron chi connectivity index (χ3n) is 2.72. The lowest BCUT2D eigenvalue weighted by molar-refractivity contribution is -0.133. The number of carbonyl (C=O) groups is 2. The predicted molar refractivity (Wildman–Crippen MR) is 81.8 cm³/mol. The summed E-state index contributed by atoms with van der Waals surface area (Å²) in [4.78, 5) is 26.1. The second kappa shape index (κ2) is 6.82. The summed E-state index contributed by atoms with van der Waals surface area (Å²) in [5, 5.41) is 12.6. The van der Waals surface area contributed by atoms with E-state index in [9.17, 15) is 9.59 Å². The molecule has 0 bridgehead atoms. The van der Waals surface area contributed by atoms with Crippen LogP contribution < -0.4 is 5.32 Å².